The minimum absolute atomic E-state index is 0.0118. The first-order valence-corrected chi connectivity index (χ1v) is 3.72. The van der Waals surface area contributed by atoms with Crippen LogP contribution in [0.2, 0.25) is 5.02 Å². The normalized spacial score (nSPS) is 11.4. The number of alkyl halides is 3. The summed E-state index contributed by atoms with van der Waals surface area (Å²) in [7, 11) is 0. The van der Waals surface area contributed by atoms with Crippen LogP contribution in [0.25, 0.3) is 0 Å². The maximum Gasteiger partial charge on any atom is 0.422 e. The Hall–Kier alpha value is -0.900. The Morgan fingerprint density at radius 3 is 2.69 bits per heavy atom. The molecule has 1 rings (SSSR count). The molecule has 71 valence electrons. The molecule has 0 fully saturated rings. The lowest BCUT2D eigenvalue weighted by Crippen LogP contribution is -2.19. The van der Waals surface area contributed by atoms with Gasteiger partial charge in [0.15, 0.2) is 6.61 Å². The van der Waals surface area contributed by atoms with Crippen LogP contribution in [0, 0.1) is 6.07 Å². The van der Waals surface area contributed by atoms with Crippen LogP contribution < -0.4 is 4.74 Å². The predicted octanol–water partition coefficient (Wildman–Crippen LogP) is 3.08. The fourth-order valence-corrected chi connectivity index (χ4v) is 0.853. The largest absolute Gasteiger partial charge is 0.483 e. The Morgan fingerprint density at radius 2 is 2.15 bits per heavy atom. The van der Waals surface area contributed by atoms with Gasteiger partial charge in [0.2, 0.25) is 0 Å². The first-order chi connectivity index (χ1) is 5.99. The molecule has 0 saturated heterocycles. The highest BCUT2D eigenvalue weighted by Crippen LogP contribution is 2.25. The van der Waals surface area contributed by atoms with Gasteiger partial charge in [-0.1, -0.05) is 17.7 Å². The third-order valence-electron chi connectivity index (χ3n) is 1.17. The van der Waals surface area contributed by atoms with Gasteiger partial charge in [-0.2, -0.15) is 13.2 Å². The van der Waals surface area contributed by atoms with Gasteiger partial charge < -0.3 is 4.74 Å². The van der Waals surface area contributed by atoms with Gasteiger partial charge in [-0.15, -0.1) is 0 Å². The second-order valence-electron chi connectivity index (χ2n) is 2.26. The van der Waals surface area contributed by atoms with Crippen molar-refractivity contribution in [1.82, 2.24) is 0 Å². The summed E-state index contributed by atoms with van der Waals surface area (Å²) >= 11 is 5.53. The summed E-state index contributed by atoms with van der Waals surface area (Å²) in [4.78, 5) is 0. The molecule has 0 spiro atoms. The fraction of sp³-hybridized carbons (Fsp3) is 0.250. The first kappa shape index (κ1) is 10.2. The number of halogens is 4. The molecule has 5 heteroatoms. The summed E-state index contributed by atoms with van der Waals surface area (Å²) in [5.74, 6) is 0.0118. The lowest BCUT2D eigenvalue weighted by Gasteiger charge is -2.09. The molecule has 0 atom stereocenters. The fourth-order valence-electron chi connectivity index (χ4n) is 0.672. The molecule has 0 aliphatic heterocycles. The molecule has 1 radical (unpaired) electrons. The number of rotatable bonds is 2. The summed E-state index contributed by atoms with van der Waals surface area (Å²) in [5, 5.41) is 0.117. The second-order valence-corrected chi connectivity index (χ2v) is 2.67. The van der Waals surface area contributed by atoms with E-state index in [0.717, 1.165) is 0 Å². The summed E-state index contributed by atoms with van der Waals surface area (Å²) in [6.07, 6.45) is -4.34. The Bertz CT molecular complexity index is 285. The average Bonchev–Trinajstić information content (AvgIpc) is 2.01. The molecular formula is C8H5ClF3O. The van der Waals surface area contributed by atoms with E-state index in [1.807, 2.05) is 0 Å². The molecule has 0 heterocycles. The SMILES string of the molecule is FC(F)(F)COc1cc[c]cc1Cl. The minimum atomic E-state index is -4.34. The average molecular weight is 210 g/mol. The summed E-state index contributed by atoms with van der Waals surface area (Å²) in [5.41, 5.74) is 0. The Morgan fingerprint density at radius 1 is 1.46 bits per heavy atom. The van der Waals surface area contributed by atoms with Crippen molar-refractivity contribution in [3.63, 3.8) is 0 Å². The summed E-state index contributed by atoms with van der Waals surface area (Å²) < 4.78 is 39.5. The topological polar surface area (TPSA) is 9.23 Å². The highest BCUT2D eigenvalue weighted by atomic mass is 35.5. The zero-order chi connectivity index (χ0) is 9.90. The van der Waals surface area contributed by atoms with Crippen molar-refractivity contribution in [2.75, 3.05) is 6.61 Å². The van der Waals surface area contributed by atoms with Gasteiger partial charge in [-0.25, -0.2) is 0 Å². The van der Waals surface area contributed by atoms with Crippen LogP contribution in [0.3, 0.4) is 0 Å². The molecule has 0 unspecified atom stereocenters. The van der Waals surface area contributed by atoms with Crippen LogP contribution in [-0.2, 0) is 0 Å². The van der Waals surface area contributed by atoms with Gasteiger partial charge >= 0.3 is 6.18 Å². The lowest BCUT2D eigenvalue weighted by atomic mass is 10.3. The maximum absolute atomic E-state index is 11.7. The van der Waals surface area contributed by atoms with Crippen LogP contribution in [0.15, 0.2) is 18.2 Å². The van der Waals surface area contributed by atoms with Crippen LogP contribution in [0.4, 0.5) is 13.2 Å². The number of hydrogen-bond acceptors (Lipinski definition) is 1. The minimum Gasteiger partial charge on any atom is -0.483 e. The molecule has 0 aliphatic carbocycles. The lowest BCUT2D eigenvalue weighted by molar-refractivity contribution is -0.153. The van der Waals surface area contributed by atoms with E-state index in [1.165, 1.54) is 18.2 Å². The molecular weight excluding hydrogens is 205 g/mol. The number of benzene rings is 1. The van der Waals surface area contributed by atoms with Crippen molar-refractivity contribution in [1.29, 1.82) is 0 Å². The Labute approximate surface area is 78.1 Å². The maximum atomic E-state index is 11.7. The van der Waals surface area contributed by atoms with Crippen molar-refractivity contribution in [3.8, 4) is 5.75 Å². The molecule has 1 aromatic rings. The molecule has 13 heavy (non-hydrogen) atoms. The summed E-state index contributed by atoms with van der Waals surface area (Å²) in [6, 6.07) is 6.70. The van der Waals surface area contributed by atoms with Crippen molar-refractivity contribution in [2.24, 2.45) is 0 Å². The number of hydrogen-bond donors (Lipinski definition) is 0. The van der Waals surface area contributed by atoms with E-state index in [-0.39, 0.29) is 10.8 Å². The van der Waals surface area contributed by atoms with E-state index in [9.17, 15) is 13.2 Å². The highest BCUT2D eigenvalue weighted by Gasteiger charge is 2.28. The third kappa shape index (κ3) is 3.55. The molecule has 0 amide bonds. The first-order valence-electron chi connectivity index (χ1n) is 3.34. The van der Waals surface area contributed by atoms with Crippen molar-refractivity contribution in [2.45, 2.75) is 6.18 Å². The highest BCUT2D eigenvalue weighted by molar-refractivity contribution is 6.32. The zero-order valence-corrected chi connectivity index (χ0v) is 7.12. The van der Waals surface area contributed by atoms with Gasteiger partial charge in [0, 0.05) is 0 Å². The molecule has 0 bridgehead atoms. The smallest absolute Gasteiger partial charge is 0.422 e. The van der Waals surface area contributed by atoms with E-state index in [4.69, 9.17) is 11.6 Å². The van der Waals surface area contributed by atoms with Gasteiger partial charge in [-0.3, -0.25) is 0 Å². The van der Waals surface area contributed by atoms with E-state index >= 15 is 0 Å². The van der Waals surface area contributed by atoms with Gasteiger partial charge in [0.05, 0.1) is 5.02 Å². The second kappa shape index (κ2) is 3.87. The van der Waals surface area contributed by atoms with E-state index < -0.39 is 12.8 Å². The van der Waals surface area contributed by atoms with Gasteiger partial charge in [0.1, 0.15) is 5.75 Å². The zero-order valence-electron chi connectivity index (χ0n) is 6.36. The molecule has 0 N–H and O–H groups in total. The Balaban J connectivity index is 2.60. The van der Waals surface area contributed by atoms with Crippen LogP contribution >= 0.6 is 11.6 Å². The van der Waals surface area contributed by atoms with Crippen LogP contribution in [-0.4, -0.2) is 12.8 Å². The van der Waals surface area contributed by atoms with Gasteiger partial charge in [-0.05, 0) is 18.2 Å². The van der Waals surface area contributed by atoms with E-state index in [1.54, 1.807) is 0 Å². The molecule has 0 aliphatic rings. The van der Waals surface area contributed by atoms with Gasteiger partial charge in [0.25, 0.3) is 0 Å². The monoisotopic (exact) mass is 209 g/mol. The third-order valence-corrected chi connectivity index (χ3v) is 1.46. The summed E-state index contributed by atoms with van der Waals surface area (Å²) in [6.45, 7) is -1.34. The quantitative estimate of drug-likeness (QED) is 0.727. The standard InChI is InChI=1S/C8H5ClF3O/c9-6-3-1-2-4-7(6)13-5-8(10,11)12/h2-4H,5H2. The van der Waals surface area contributed by atoms with E-state index in [2.05, 4.69) is 10.8 Å². The van der Waals surface area contributed by atoms with Crippen molar-refractivity contribution >= 4 is 11.6 Å². The van der Waals surface area contributed by atoms with E-state index in [0.29, 0.717) is 0 Å². The van der Waals surface area contributed by atoms with Crippen molar-refractivity contribution < 1.29 is 17.9 Å². The van der Waals surface area contributed by atoms with Crippen LogP contribution in [0.1, 0.15) is 0 Å². The predicted molar refractivity (Wildman–Crippen MR) is 41.8 cm³/mol. The molecule has 1 aromatic carbocycles. The number of ether oxygens (including phenoxy) is 1. The molecule has 0 aromatic heterocycles. The molecule has 1 nitrogen and oxygen atoms in total. The molecule has 0 saturated carbocycles. The Kier molecular flexibility index (Phi) is 3.03. The van der Waals surface area contributed by atoms with Crippen LogP contribution in [0.5, 0.6) is 5.75 Å². The van der Waals surface area contributed by atoms with Crippen molar-refractivity contribution in [3.05, 3.63) is 29.3 Å².